The monoisotopic (exact) mass is 260 g/mol. The number of nitrogens with zero attached hydrogens (tertiary/aromatic N) is 1. The maximum Gasteiger partial charge on any atom is 0.100 e. The first-order chi connectivity index (χ1) is 7.20. The molecule has 0 saturated heterocycles. The van der Waals surface area contributed by atoms with Gasteiger partial charge >= 0.3 is 0 Å². The van der Waals surface area contributed by atoms with Crippen LogP contribution in [0.3, 0.4) is 0 Å². The van der Waals surface area contributed by atoms with E-state index in [0.29, 0.717) is 16.6 Å². The standard InChI is InChI=1S/C10H10Cl2N2S/c11-6-4-7(12)10-8(5-6)15-9(14-10)2-1-3-13/h4-5H,1-3,13H2. The summed E-state index contributed by atoms with van der Waals surface area (Å²) in [5.74, 6) is 0. The maximum atomic E-state index is 6.04. The van der Waals surface area contributed by atoms with Crippen molar-refractivity contribution in [2.24, 2.45) is 5.73 Å². The zero-order chi connectivity index (χ0) is 10.8. The molecule has 1 heterocycles. The van der Waals surface area contributed by atoms with Crippen LogP contribution >= 0.6 is 34.5 Å². The molecule has 1 aromatic heterocycles. The summed E-state index contributed by atoms with van der Waals surface area (Å²) in [6.45, 7) is 0.685. The van der Waals surface area contributed by atoms with Crippen LogP contribution in [0.5, 0.6) is 0 Å². The molecule has 2 aromatic rings. The Bertz CT molecular complexity index is 481. The SMILES string of the molecule is NCCCc1nc2c(Cl)cc(Cl)cc2s1. The van der Waals surface area contributed by atoms with Crippen LogP contribution in [0, 0.1) is 0 Å². The van der Waals surface area contributed by atoms with Gasteiger partial charge in [-0.2, -0.15) is 0 Å². The van der Waals surface area contributed by atoms with E-state index in [1.807, 2.05) is 6.07 Å². The fraction of sp³-hybridized carbons (Fsp3) is 0.300. The van der Waals surface area contributed by atoms with Crippen LogP contribution in [0.4, 0.5) is 0 Å². The van der Waals surface area contributed by atoms with Gasteiger partial charge in [0.05, 0.1) is 14.7 Å². The summed E-state index contributed by atoms with van der Waals surface area (Å²) in [5.41, 5.74) is 6.30. The fourth-order valence-electron chi connectivity index (χ4n) is 1.36. The minimum Gasteiger partial charge on any atom is -0.330 e. The lowest BCUT2D eigenvalue weighted by atomic mass is 10.3. The summed E-state index contributed by atoms with van der Waals surface area (Å²) in [4.78, 5) is 4.46. The molecule has 5 heteroatoms. The van der Waals surface area contributed by atoms with E-state index < -0.39 is 0 Å². The number of benzene rings is 1. The van der Waals surface area contributed by atoms with Crippen LogP contribution in [0.2, 0.25) is 10.0 Å². The molecule has 2 rings (SSSR count). The van der Waals surface area contributed by atoms with Gasteiger partial charge in [-0.3, -0.25) is 0 Å². The van der Waals surface area contributed by atoms with Gasteiger partial charge in [-0.1, -0.05) is 23.2 Å². The molecule has 0 bridgehead atoms. The number of hydrogen-bond donors (Lipinski definition) is 1. The zero-order valence-electron chi connectivity index (χ0n) is 7.96. The summed E-state index contributed by atoms with van der Waals surface area (Å²) in [6, 6.07) is 3.62. The molecule has 2 nitrogen and oxygen atoms in total. The molecule has 0 atom stereocenters. The van der Waals surface area contributed by atoms with Gasteiger partial charge in [-0.25, -0.2) is 4.98 Å². The quantitative estimate of drug-likeness (QED) is 0.918. The Morgan fingerprint density at radius 2 is 2.13 bits per heavy atom. The molecule has 0 saturated carbocycles. The largest absolute Gasteiger partial charge is 0.330 e. The van der Waals surface area contributed by atoms with E-state index in [4.69, 9.17) is 28.9 Å². The van der Waals surface area contributed by atoms with Crippen molar-refractivity contribution in [3.63, 3.8) is 0 Å². The van der Waals surface area contributed by atoms with Crippen molar-refractivity contribution in [1.82, 2.24) is 4.98 Å². The van der Waals surface area contributed by atoms with Crippen LogP contribution in [-0.2, 0) is 6.42 Å². The number of thiazole rings is 1. The van der Waals surface area contributed by atoms with Crippen molar-refractivity contribution in [2.75, 3.05) is 6.54 Å². The van der Waals surface area contributed by atoms with E-state index in [1.165, 1.54) is 0 Å². The lowest BCUT2D eigenvalue weighted by molar-refractivity contribution is 0.828. The molecule has 0 amide bonds. The van der Waals surface area contributed by atoms with Gasteiger partial charge in [0.2, 0.25) is 0 Å². The molecule has 80 valence electrons. The summed E-state index contributed by atoms with van der Waals surface area (Å²) in [6.07, 6.45) is 1.86. The molecule has 2 N–H and O–H groups in total. The van der Waals surface area contributed by atoms with Crippen LogP contribution in [0.1, 0.15) is 11.4 Å². The zero-order valence-corrected chi connectivity index (χ0v) is 10.3. The molecule has 0 spiro atoms. The Labute approximate surface area is 102 Å². The highest BCUT2D eigenvalue weighted by molar-refractivity contribution is 7.18. The van der Waals surface area contributed by atoms with E-state index in [9.17, 15) is 0 Å². The number of nitrogens with two attached hydrogens (primary N) is 1. The Balaban J connectivity index is 2.41. The summed E-state index contributed by atoms with van der Waals surface area (Å²) < 4.78 is 1.04. The van der Waals surface area contributed by atoms with Crippen molar-refractivity contribution in [3.8, 4) is 0 Å². The van der Waals surface area contributed by atoms with Crippen LogP contribution in [-0.4, -0.2) is 11.5 Å². The van der Waals surface area contributed by atoms with Crippen molar-refractivity contribution in [3.05, 3.63) is 27.2 Å². The Morgan fingerprint density at radius 3 is 2.87 bits per heavy atom. The van der Waals surface area contributed by atoms with Crippen molar-refractivity contribution in [1.29, 1.82) is 0 Å². The van der Waals surface area contributed by atoms with Gasteiger partial charge in [0.25, 0.3) is 0 Å². The van der Waals surface area contributed by atoms with Gasteiger partial charge in [-0.15, -0.1) is 11.3 Å². The molecule has 0 aliphatic heterocycles. The maximum absolute atomic E-state index is 6.04. The van der Waals surface area contributed by atoms with Gasteiger partial charge in [0.15, 0.2) is 0 Å². The minimum absolute atomic E-state index is 0.618. The van der Waals surface area contributed by atoms with Crippen molar-refractivity contribution in [2.45, 2.75) is 12.8 Å². The molecule has 0 fully saturated rings. The second kappa shape index (κ2) is 4.66. The third-order valence-electron chi connectivity index (χ3n) is 2.05. The molecule has 0 aliphatic rings. The summed E-state index contributed by atoms with van der Waals surface area (Å²) >= 11 is 13.6. The first-order valence-electron chi connectivity index (χ1n) is 4.65. The predicted octanol–water partition coefficient (Wildman–Crippen LogP) is 3.49. The van der Waals surface area contributed by atoms with E-state index in [-0.39, 0.29) is 0 Å². The van der Waals surface area contributed by atoms with Crippen LogP contribution in [0.15, 0.2) is 12.1 Å². The predicted molar refractivity (Wildman–Crippen MR) is 67.0 cm³/mol. The number of hydrogen-bond acceptors (Lipinski definition) is 3. The summed E-state index contributed by atoms with van der Waals surface area (Å²) in [7, 11) is 0. The van der Waals surface area contributed by atoms with Gasteiger partial charge < -0.3 is 5.73 Å². The number of rotatable bonds is 3. The highest BCUT2D eigenvalue weighted by Gasteiger charge is 2.08. The first kappa shape index (κ1) is 11.1. The van der Waals surface area contributed by atoms with E-state index in [0.717, 1.165) is 28.1 Å². The second-order valence-corrected chi connectivity index (χ2v) is 5.19. The number of fused-ring (bicyclic) bond motifs is 1. The summed E-state index contributed by atoms with van der Waals surface area (Å²) in [5, 5.41) is 2.34. The molecule has 15 heavy (non-hydrogen) atoms. The fourth-order valence-corrected chi connectivity index (χ4v) is 3.10. The van der Waals surface area contributed by atoms with Crippen molar-refractivity contribution < 1.29 is 0 Å². The normalized spacial score (nSPS) is 11.1. The van der Waals surface area contributed by atoms with E-state index >= 15 is 0 Å². The van der Waals surface area contributed by atoms with E-state index in [1.54, 1.807) is 17.4 Å². The molecular formula is C10H10Cl2N2S. The van der Waals surface area contributed by atoms with Crippen LogP contribution in [0.25, 0.3) is 10.2 Å². The van der Waals surface area contributed by atoms with Crippen LogP contribution < -0.4 is 5.73 Å². The third kappa shape index (κ3) is 2.42. The third-order valence-corrected chi connectivity index (χ3v) is 3.62. The molecule has 1 aromatic carbocycles. The van der Waals surface area contributed by atoms with Gasteiger partial charge in [0, 0.05) is 11.4 Å². The van der Waals surface area contributed by atoms with Gasteiger partial charge in [-0.05, 0) is 25.1 Å². The Hall–Kier alpha value is -0.350. The first-order valence-corrected chi connectivity index (χ1v) is 6.22. The molecular weight excluding hydrogens is 251 g/mol. The highest BCUT2D eigenvalue weighted by Crippen LogP contribution is 2.31. The second-order valence-electron chi connectivity index (χ2n) is 3.23. The number of aryl methyl sites for hydroxylation is 1. The van der Waals surface area contributed by atoms with Crippen molar-refractivity contribution >= 4 is 44.8 Å². The lowest BCUT2D eigenvalue weighted by Gasteiger charge is -1.92. The number of aromatic nitrogens is 1. The average Bonchev–Trinajstić information content (AvgIpc) is 2.57. The van der Waals surface area contributed by atoms with E-state index in [2.05, 4.69) is 4.98 Å². The minimum atomic E-state index is 0.618. The van der Waals surface area contributed by atoms with Gasteiger partial charge in [0.1, 0.15) is 5.52 Å². The average molecular weight is 261 g/mol. The lowest BCUT2D eigenvalue weighted by Crippen LogP contribution is -1.99. The Kier molecular flexibility index (Phi) is 3.46. The smallest absolute Gasteiger partial charge is 0.100 e. The Morgan fingerprint density at radius 1 is 1.33 bits per heavy atom. The molecule has 0 unspecified atom stereocenters. The molecule has 0 radical (unpaired) electrons. The topological polar surface area (TPSA) is 38.9 Å². The number of halogens is 2. The highest BCUT2D eigenvalue weighted by atomic mass is 35.5. The molecule has 0 aliphatic carbocycles.